The van der Waals surface area contributed by atoms with E-state index in [1.165, 1.54) is 16.7 Å². The van der Waals surface area contributed by atoms with Crippen LogP contribution in [0.1, 0.15) is 22.5 Å². The van der Waals surface area contributed by atoms with Gasteiger partial charge < -0.3 is 5.73 Å². The van der Waals surface area contributed by atoms with Crippen LogP contribution in [0.4, 0.5) is 5.95 Å². The normalized spacial score (nSPS) is 10.7. The van der Waals surface area contributed by atoms with Gasteiger partial charge in [-0.05, 0) is 30.5 Å². The van der Waals surface area contributed by atoms with Gasteiger partial charge in [-0.3, -0.25) is 0 Å². The van der Waals surface area contributed by atoms with Crippen LogP contribution in [0.15, 0.2) is 18.2 Å². The molecule has 0 aliphatic heterocycles. The van der Waals surface area contributed by atoms with Crippen LogP contribution in [0.2, 0.25) is 0 Å². The topological polar surface area (TPSA) is 56.7 Å². The van der Waals surface area contributed by atoms with Gasteiger partial charge in [0.25, 0.3) is 0 Å². The van der Waals surface area contributed by atoms with E-state index in [1.807, 2.05) is 0 Å². The first-order valence-corrected chi connectivity index (χ1v) is 5.28. The molecule has 0 aliphatic carbocycles. The summed E-state index contributed by atoms with van der Waals surface area (Å²) in [7, 11) is 1.80. The fourth-order valence-corrected chi connectivity index (χ4v) is 1.62. The fourth-order valence-electron chi connectivity index (χ4n) is 1.62. The summed E-state index contributed by atoms with van der Waals surface area (Å²) in [5.74, 6) is 1.22. The summed E-state index contributed by atoms with van der Waals surface area (Å²) in [6, 6.07) is 6.40. The van der Waals surface area contributed by atoms with E-state index in [4.69, 9.17) is 5.73 Å². The van der Waals surface area contributed by atoms with E-state index in [2.05, 4.69) is 42.1 Å². The lowest BCUT2D eigenvalue weighted by Gasteiger charge is -2.02. The van der Waals surface area contributed by atoms with Crippen molar-refractivity contribution in [1.29, 1.82) is 0 Å². The first kappa shape index (κ1) is 10.7. The third-order valence-corrected chi connectivity index (χ3v) is 2.77. The number of benzene rings is 1. The van der Waals surface area contributed by atoms with Crippen LogP contribution in [0.3, 0.4) is 0 Å². The Kier molecular flexibility index (Phi) is 2.64. The van der Waals surface area contributed by atoms with Gasteiger partial charge in [-0.1, -0.05) is 18.2 Å². The number of anilines is 1. The predicted octanol–water partition coefficient (Wildman–Crippen LogP) is 1.60. The van der Waals surface area contributed by atoms with Crippen LogP contribution in [-0.2, 0) is 13.5 Å². The lowest BCUT2D eigenvalue weighted by Crippen LogP contribution is -1.97. The average Bonchev–Trinajstić information content (AvgIpc) is 2.52. The lowest BCUT2D eigenvalue weighted by atomic mass is 10.0. The quantitative estimate of drug-likeness (QED) is 0.829. The highest BCUT2D eigenvalue weighted by Crippen LogP contribution is 2.12. The molecule has 0 unspecified atom stereocenters. The molecule has 0 radical (unpaired) electrons. The first-order valence-electron chi connectivity index (χ1n) is 5.28. The molecule has 0 atom stereocenters. The van der Waals surface area contributed by atoms with Gasteiger partial charge >= 0.3 is 0 Å². The van der Waals surface area contributed by atoms with Crippen LogP contribution < -0.4 is 5.73 Å². The lowest BCUT2D eigenvalue weighted by molar-refractivity contribution is 0.759. The predicted molar refractivity (Wildman–Crippen MR) is 64.1 cm³/mol. The number of rotatable bonds is 2. The Labute approximate surface area is 95.1 Å². The number of aryl methyl sites for hydroxylation is 3. The number of nitrogens with two attached hydrogens (primary N) is 1. The van der Waals surface area contributed by atoms with E-state index in [1.54, 1.807) is 11.7 Å². The van der Waals surface area contributed by atoms with Crippen molar-refractivity contribution in [2.45, 2.75) is 20.3 Å². The van der Waals surface area contributed by atoms with E-state index in [-0.39, 0.29) is 0 Å². The molecule has 1 aromatic heterocycles. The highest BCUT2D eigenvalue weighted by molar-refractivity contribution is 5.31. The Balaban J connectivity index is 2.23. The molecule has 1 aromatic carbocycles. The summed E-state index contributed by atoms with van der Waals surface area (Å²) < 4.78 is 1.59. The second-order valence-corrected chi connectivity index (χ2v) is 4.11. The molecule has 4 nitrogen and oxygen atoms in total. The van der Waals surface area contributed by atoms with Gasteiger partial charge in [0.05, 0.1) is 0 Å². The molecule has 84 valence electrons. The first-order chi connectivity index (χ1) is 7.56. The van der Waals surface area contributed by atoms with Gasteiger partial charge in [0.15, 0.2) is 5.82 Å². The van der Waals surface area contributed by atoms with Crippen molar-refractivity contribution in [3.05, 3.63) is 40.7 Å². The van der Waals surface area contributed by atoms with Gasteiger partial charge in [-0.15, -0.1) is 0 Å². The van der Waals surface area contributed by atoms with Crippen molar-refractivity contribution in [3.8, 4) is 0 Å². The second kappa shape index (κ2) is 3.96. The maximum absolute atomic E-state index is 5.64. The Morgan fingerprint density at radius 2 is 2.00 bits per heavy atom. The minimum Gasteiger partial charge on any atom is -0.368 e. The van der Waals surface area contributed by atoms with Crippen LogP contribution in [-0.4, -0.2) is 14.8 Å². The molecule has 2 rings (SSSR count). The minimum atomic E-state index is 0.457. The standard InChI is InChI=1S/C12H16N4/c1-8-4-5-10(6-9(8)2)7-11-14-12(13)16(3)15-11/h4-6H,7H2,1-3H3,(H2,13,14,15). The maximum Gasteiger partial charge on any atom is 0.218 e. The Bertz CT molecular complexity index is 494. The van der Waals surface area contributed by atoms with E-state index >= 15 is 0 Å². The molecule has 1 heterocycles. The average molecular weight is 216 g/mol. The van der Waals surface area contributed by atoms with E-state index in [0.717, 1.165) is 12.2 Å². The van der Waals surface area contributed by atoms with Crippen molar-refractivity contribution in [2.24, 2.45) is 7.05 Å². The molecule has 0 bridgehead atoms. The molecule has 4 heteroatoms. The maximum atomic E-state index is 5.64. The van der Waals surface area contributed by atoms with Crippen molar-refractivity contribution in [1.82, 2.24) is 14.8 Å². The summed E-state index contributed by atoms with van der Waals surface area (Å²) in [5.41, 5.74) is 9.45. The third-order valence-electron chi connectivity index (χ3n) is 2.77. The van der Waals surface area contributed by atoms with Crippen LogP contribution >= 0.6 is 0 Å². The molecule has 0 saturated carbocycles. The summed E-state index contributed by atoms with van der Waals surface area (Å²) in [6.07, 6.45) is 0.728. The molecular weight excluding hydrogens is 200 g/mol. The SMILES string of the molecule is Cc1ccc(Cc2nc(N)n(C)n2)cc1C. The molecule has 16 heavy (non-hydrogen) atoms. The van der Waals surface area contributed by atoms with Gasteiger partial charge in [0.1, 0.15) is 0 Å². The molecule has 0 amide bonds. The van der Waals surface area contributed by atoms with E-state index in [9.17, 15) is 0 Å². The zero-order valence-corrected chi connectivity index (χ0v) is 9.86. The van der Waals surface area contributed by atoms with Gasteiger partial charge in [-0.2, -0.15) is 10.1 Å². The smallest absolute Gasteiger partial charge is 0.218 e. The van der Waals surface area contributed by atoms with E-state index < -0.39 is 0 Å². The van der Waals surface area contributed by atoms with Crippen LogP contribution in [0.25, 0.3) is 0 Å². The minimum absolute atomic E-state index is 0.457. The summed E-state index contributed by atoms with van der Waals surface area (Å²) >= 11 is 0. The third kappa shape index (κ3) is 2.05. The highest BCUT2D eigenvalue weighted by atomic mass is 15.4. The van der Waals surface area contributed by atoms with E-state index in [0.29, 0.717) is 5.95 Å². The largest absolute Gasteiger partial charge is 0.368 e. The van der Waals surface area contributed by atoms with Gasteiger partial charge in [0.2, 0.25) is 5.95 Å². The monoisotopic (exact) mass is 216 g/mol. The number of hydrogen-bond acceptors (Lipinski definition) is 3. The Hall–Kier alpha value is -1.84. The zero-order chi connectivity index (χ0) is 11.7. The van der Waals surface area contributed by atoms with Crippen molar-refractivity contribution < 1.29 is 0 Å². The summed E-state index contributed by atoms with van der Waals surface area (Å²) in [4.78, 5) is 4.19. The molecule has 2 aromatic rings. The van der Waals surface area contributed by atoms with Gasteiger partial charge in [-0.25, -0.2) is 4.68 Å². The van der Waals surface area contributed by atoms with Crippen molar-refractivity contribution in [3.63, 3.8) is 0 Å². The molecule has 0 spiro atoms. The number of aromatic nitrogens is 3. The second-order valence-electron chi connectivity index (χ2n) is 4.11. The van der Waals surface area contributed by atoms with Gasteiger partial charge in [0, 0.05) is 13.5 Å². The zero-order valence-electron chi connectivity index (χ0n) is 9.86. The molecule has 0 saturated heterocycles. The summed E-state index contributed by atoms with van der Waals surface area (Å²) in [5, 5.41) is 4.24. The van der Waals surface area contributed by atoms with Crippen molar-refractivity contribution >= 4 is 5.95 Å². The van der Waals surface area contributed by atoms with Crippen LogP contribution in [0.5, 0.6) is 0 Å². The number of nitrogen functional groups attached to an aromatic ring is 1. The molecule has 2 N–H and O–H groups in total. The highest BCUT2D eigenvalue weighted by Gasteiger charge is 2.05. The number of nitrogens with zero attached hydrogens (tertiary/aromatic N) is 3. The molecule has 0 aliphatic rings. The fraction of sp³-hybridized carbons (Fsp3) is 0.333. The Morgan fingerprint density at radius 3 is 2.56 bits per heavy atom. The summed E-state index contributed by atoms with van der Waals surface area (Å²) in [6.45, 7) is 4.22. The number of hydrogen-bond donors (Lipinski definition) is 1. The Morgan fingerprint density at radius 1 is 1.25 bits per heavy atom. The van der Waals surface area contributed by atoms with Crippen LogP contribution in [0, 0.1) is 13.8 Å². The molecular formula is C12H16N4. The molecule has 0 fully saturated rings. The van der Waals surface area contributed by atoms with Crippen molar-refractivity contribution in [2.75, 3.05) is 5.73 Å².